The minimum atomic E-state index is -5.07. The Hall–Kier alpha value is -1.37. The van der Waals surface area contributed by atoms with Crippen molar-refractivity contribution in [3.63, 3.8) is 0 Å². The summed E-state index contributed by atoms with van der Waals surface area (Å²) in [6.07, 6.45) is -12.1. The van der Waals surface area contributed by atoms with Gasteiger partial charge in [-0.2, -0.15) is 39.5 Å². The molecule has 1 aromatic carbocycles. The van der Waals surface area contributed by atoms with Crippen molar-refractivity contribution in [1.29, 1.82) is 0 Å². The zero-order valence-corrected chi connectivity index (χ0v) is 11.4. The lowest BCUT2D eigenvalue weighted by Gasteiger charge is -2.17. The number of alkyl halides is 6. The highest BCUT2D eigenvalue weighted by Gasteiger charge is 2.37. The molecule has 0 saturated carbocycles. The van der Waals surface area contributed by atoms with E-state index in [0.29, 0.717) is 12.1 Å². The first-order chi connectivity index (χ1) is 9.70. The van der Waals surface area contributed by atoms with Crippen LogP contribution in [0.4, 0.5) is 26.3 Å². The predicted octanol–water partition coefficient (Wildman–Crippen LogP) is 1.55. The predicted molar refractivity (Wildman–Crippen MR) is 62.5 cm³/mol. The highest BCUT2D eigenvalue weighted by molar-refractivity contribution is 7.87. The second kappa shape index (κ2) is 6.02. The molecule has 0 spiro atoms. The van der Waals surface area contributed by atoms with Crippen LogP contribution in [0.5, 0.6) is 0 Å². The van der Waals surface area contributed by atoms with Gasteiger partial charge < -0.3 is 5.11 Å². The Kier molecular flexibility index (Phi) is 5.11. The molecule has 0 saturated heterocycles. The maximum absolute atomic E-state index is 12.6. The van der Waals surface area contributed by atoms with Gasteiger partial charge >= 0.3 is 12.4 Å². The molecule has 0 aliphatic carbocycles. The molecular weight excluding hydrogens is 342 g/mol. The number of halogens is 6. The molecular formula is C10H10F6N2O3S. The van der Waals surface area contributed by atoms with E-state index in [2.05, 4.69) is 5.14 Å². The van der Waals surface area contributed by atoms with Crippen LogP contribution in [0.15, 0.2) is 18.2 Å². The molecule has 0 bridgehead atoms. The molecule has 0 aromatic heterocycles. The zero-order chi connectivity index (χ0) is 17.3. The van der Waals surface area contributed by atoms with Gasteiger partial charge in [-0.1, -0.05) is 0 Å². The van der Waals surface area contributed by atoms with Crippen molar-refractivity contribution >= 4 is 10.2 Å². The summed E-state index contributed by atoms with van der Waals surface area (Å²) in [5.74, 6) is 0. The number of nitrogens with two attached hydrogens (primary N) is 1. The van der Waals surface area contributed by atoms with Gasteiger partial charge in [-0.15, -0.1) is 0 Å². The van der Waals surface area contributed by atoms with E-state index in [1.54, 1.807) is 4.72 Å². The Morgan fingerprint density at radius 3 is 1.77 bits per heavy atom. The molecule has 5 nitrogen and oxygen atoms in total. The second-order valence-electron chi connectivity index (χ2n) is 4.25. The van der Waals surface area contributed by atoms with Gasteiger partial charge in [0.2, 0.25) is 0 Å². The molecule has 22 heavy (non-hydrogen) atoms. The lowest BCUT2D eigenvalue weighted by atomic mass is 10.0. The largest absolute Gasteiger partial charge is 0.416 e. The molecule has 0 aliphatic rings. The van der Waals surface area contributed by atoms with Gasteiger partial charge in [-0.05, 0) is 23.8 Å². The highest BCUT2D eigenvalue weighted by atomic mass is 32.2. The molecule has 0 fully saturated rings. The molecule has 1 atom stereocenters. The van der Waals surface area contributed by atoms with Crippen LogP contribution >= 0.6 is 0 Å². The Labute approximate surface area is 120 Å². The van der Waals surface area contributed by atoms with Crippen LogP contribution in [0, 0.1) is 0 Å². The molecule has 0 aliphatic heterocycles. The number of benzene rings is 1. The minimum absolute atomic E-state index is 0.108. The van der Waals surface area contributed by atoms with E-state index in [1.165, 1.54) is 0 Å². The molecule has 1 aromatic rings. The van der Waals surface area contributed by atoms with Crippen molar-refractivity contribution in [3.05, 3.63) is 34.9 Å². The molecule has 126 valence electrons. The Balaban J connectivity index is 3.23. The Morgan fingerprint density at radius 2 is 1.45 bits per heavy atom. The Morgan fingerprint density at radius 1 is 1.05 bits per heavy atom. The van der Waals surface area contributed by atoms with Crippen molar-refractivity contribution in [1.82, 2.24) is 4.72 Å². The maximum atomic E-state index is 12.6. The summed E-state index contributed by atoms with van der Waals surface area (Å²) in [5.41, 5.74) is -3.99. The fourth-order valence-corrected chi connectivity index (χ4v) is 1.87. The van der Waals surface area contributed by atoms with Crippen LogP contribution in [0.2, 0.25) is 0 Å². The van der Waals surface area contributed by atoms with Gasteiger partial charge in [0, 0.05) is 6.54 Å². The lowest BCUT2D eigenvalue weighted by molar-refractivity contribution is -0.143. The average molecular weight is 352 g/mol. The van der Waals surface area contributed by atoms with E-state index in [4.69, 9.17) is 0 Å². The molecule has 0 heterocycles. The van der Waals surface area contributed by atoms with Crippen LogP contribution in [0.3, 0.4) is 0 Å². The van der Waals surface area contributed by atoms with Crippen molar-refractivity contribution in [3.8, 4) is 0 Å². The normalized spacial score (nSPS) is 14.9. The summed E-state index contributed by atoms with van der Waals surface area (Å²) in [6.45, 7) is -0.878. The standard InChI is InChI=1S/C10H10F6N2O3S/c11-9(12,13)6-1-5(2-7(3-6)10(14,15)16)8(19)4-18-22(17,20)21/h1-3,8,18-19H,4H2,(H2,17,20,21). The Bertz CT molecular complexity index is 609. The van der Waals surface area contributed by atoms with Crippen LogP contribution in [-0.4, -0.2) is 20.1 Å². The van der Waals surface area contributed by atoms with E-state index < -0.39 is 51.9 Å². The average Bonchev–Trinajstić information content (AvgIpc) is 2.32. The monoisotopic (exact) mass is 352 g/mol. The van der Waals surface area contributed by atoms with Crippen LogP contribution in [0.1, 0.15) is 22.8 Å². The van der Waals surface area contributed by atoms with Gasteiger partial charge in [0.25, 0.3) is 10.2 Å². The van der Waals surface area contributed by atoms with Crippen LogP contribution in [0.25, 0.3) is 0 Å². The van der Waals surface area contributed by atoms with E-state index in [-0.39, 0.29) is 6.07 Å². The lowest BCUT2D eigenvalue weighted by Crippen LogP contribution is -2.34. The number of hydrogen-bond acceptors (Lipinski definition) is 3. The number of nitrogens with one attached hydrogen (secondary N) is 1. The summed E-state index contributed by atoms with van der Waals surface area (Å²) < 4.78 is 98.4. The fourth-order valence-electron chi connectivity index (χ4n) is 1.48. The van der Waals surface area contributed by atoms with Crippen LogP contribution < -0.4 is 9.86 Å². The molecule has 12 heteroatoms. The minimum Gasteiger partial charge on any atom is -0.387 e. The first kappa shape index (κ1) is 18.7. The van der Waals surface area contributed by atoms with Crippen LogP contribution in [-0.2, 0) is 22.6 Å². The van der Waals surface area contributed by atoms with E-state index in [9.17, 15) is 39.9 Å². The number of hydrogen-bond donors (Lipinski definition) is 3. The number of aliphatic hydroxyl groups excluding tert-OH is 1. The third-order valence-electron chi connectivity index (χ3n) is 2.47. The molecule has 0 radical (unpaired) electrons. The molecule has 1 rings (SSSR count). The molecule has 0 amide bonds. The molecule has 4 N–H and O–H groups in total. The van der Waals surface area contributed by atoms with Crippen molar-refractivity contribution < 1.29 is 39.9 Å². The topological polar surface area (TPSA) is 92.4 Å². The number of aliphatic hydroxyl groups is 1. The first-order valence-corrected chi connectivity index (χ1v) is 6.99. The zero-order valence-electron chi connectivity index (χ0n) is 10.5. The summed E-state index contributed by atoms with van der Waals surface area (Å²) >= 11 is 0. The summed E-state index contributed by atoms with van der Waals surface area (Å²) in [6, 6.07) is 0.485. The van der Waals surface area contributed by atoms with Gasteiger partial charge in [0.1, 0.15) is 0 Å². The summed E-state index contributed by atoms with van der Waals surface area (Å²) in [5, 5.41) is 14.1. The van der Waals surface area contributed by atoms with Crippen molar-refractivity contribution in [2.75, 3.05) is 6.54 Å². The number of rotatable bonds is 4. The fraction of sp³-hybridized carbons (Fsp3) is 0.400. The smallest absolute Gasteiger partial charge is 0.387 e. The van der Waals surface area contributed by atoms with Gasteiger partial charge in [0.05, 0.1) is 17.2 Å². The molecule has 1 unspecified atom stereocenters. The van der Waals surface area contributed by atoms with E-state index in [0.717, 1.165) is 0 Å². The van der Waals surface area contributed by atoms with Gasteiger partial charge in [-0.25, -0.2) is 5.14 Å². The quantitative estimate of drug-likeness (QED) is 0.718. The summed E-state index contributed by atoms with van der Waals surface area (Å²) in [4.78, 5) is 0. The van der Waals surface area contributed by atoms with Gasteiger partial charge in [0.15, 0.2) is 0 Å². The van der Waals surface area contributed by atoms with E-state index >= 15 is 0 Å². The second-order valence-corrected chi connectivity index (χ2v) is 5.63. The maximum Gasteiger partial charge on any atom is 0.416 e. The van der Waals surface area contributed by atoms with E-state index in [1.807, 2.05) is 0 Å². The van der Waals surface area contributed by atoms with Crippen molar-refractivity contribution in [2.24, 2.45) is 5.14 Å². The third-order valence-corrected chi connectivity index (χ3v) is 3.04. The SMILES string of the molecule is NS(=O)(=O)NCC(O)c1cc(C(F)(F)F)cc(C(F)(F)F)c1. The third kappa shape index (κ3) is 5.44. The van der Waals surface area contributed by atoms with Crippen molar-refractivity contribution in [2.45, 2.75) is 18.5 Å². The highest BCUT2D eigenvalue weighted by Crippen LogP contribution is 2.37. The first-order valence-electron chi connectivity index (χ1n) is 5.45. The summed E-state index contributed by atoms with van der Waals surface area (Å²) in [7, 11) is -4.26. The van der Waals surface area contributed by atoms with Gasteiger partial charge in [-0.3, -0.25) is 0 Å².